The minimum atomic E-state index is -3.20. The third-order valence-corrected chi connectivity index (χ3v) is 4.82. The number of hydrogen-bond acceptors (Lipinski definition) is 5. The first kappa shape index (κ1) is 12.4. The molecule has 0 spiro atoms. The Hall–Kier alpha value is -1.66. The fourth-order valence-corrected chi connectivity index (χ4v) is 3.87. The first-order valence-corrected chi connectivity index (χ1v) is 7.76. The Morgan fingerprint density at radius 2 is 2.11 bits per heavy atom. The SMILES string of the molecule is O=S1(=O)CC(O)C(Oc2ccc3cccnc3c2)C1. The second kappa shape index (κ2) is 4.47. The zero-order valence-corrected chi connectivity index (χ0v) is 10.9. The van der Waals surface area contributed by atoms with E-state index in [-0.39, 0.29) is 11.5 Å². The van der Waals surface area contributed by atoms with Crippen LogP contribution < -0.4 is 4.74 Å². The number of pyridine rings is 1. The van der Waals surface area contributed by atoms with Crippen LogP contribution in [0, 0.1) is 0 Å². The van der Waals surface area contributed by atoms with Gasteiger partial charge in [0.2, 0.25) is 0 Å². The number of ether oxygens (including phenoxy) is 1. The van der Waals surface area contributed by atoms with Gasteiger partial charge in [0, 0.05) is 17.6 Å². The Morgan fingerprint density at radius 1 is 1.26 bits per heavy atom. The largest absolute Gasteiger partial charge is 0.487 e. The summed E-state index contributed by atoms with van der Waals surface area (Å²) < 4.78 is 28.4. The van der Waals surface area contributed by atoms with Crippen LogP contribution >= 0.6 is 0 Å². The molecule has 2 heterocycles. The maximum Gasteiger partial charge on any atom is 0.156 e. The molecule has 0 aliphatic carbocycles. The molecule has 0 radical (unpaired) electrons. The quantitative estimate of drug-likeness (QED) is 0.878. The standard InChI is InChI=1S/C13H13NO4S/c15-12-7-19(16,17)8-13(12)18-10-4-3-9-2-1-5-14-11(9)6-10/h1-6,12-13,15H,7-8H2. The molecular weight excluding hydrogens is 266 g/mol. The molecule has 100 valence electrons. The summed E-state index contributed by atoms with van der Waals surface area (Å²) in [6, 6.07) is 9.12. The molecule has 1 N–H and O–H groups in total. The summed E-state index contributed by atoms with van der Waals surface area (Å²) in [6.07, 6.45) is 0.0108. The summed E-state index contributed by atoms with van der Waals surface area (Å²) in [4.78, 5) is 4.20. The summed E-state index contributed by atoms with van der Waals surface area (Å²) in [5, 5.41) is 10.7. The van der Waals surface area contributed by atoms with E-state index in [9.17, 15) is 13.5 Å². The molecule has 2 aromatic rings. The highest BCUT2D eigenvalue weighted by atomic mass is 32.2. The Bertz CT molecular complexity index is 713. The third-order valence-electron chi connectivity index (χ3n) is 3.14. The molecule has 19 heavy (non-hydrogen) atoms. The molecule has 2 unspecified atom stereocenters. The summed E-state index contributed by atoms with van der Waals surface area (Å²) in [6.45, 7) is 0. The van der Waals surface area contributed by atoms with Crippen molar-refractivity contribution in [2.24, 2.45) is 0 Å². The van der Waals surface area contributed by atoms with E-state index < -0.39 is 22.0 Å². The highest BCUT2D eigenvalue weighted by Crippen LogP contribution is 2.23. The van der Waals surface area contributed by atoms with E-state index in [0.29, 0.717) is 5.75 Å². The number of hydrogen-bond donors (Lipinski definition) is 1. The van der Waals surface area contributed by atoms with Gasteiger partial charge in [-0.2, -0.15) is 0 Å². The number of aromatic nitrogens is 1. The topological polar surface area (TPSA) is 76.5 Å². The normalized spacial score (nSPS) is 25.5. The van der Waals surface area contributed by atoms with Crippen LogP contribution in [-0.2, 0) is 9.84 Å². The van der Waals surface area contributed by atoms with Gasteiger partial charge in [-0.3, -0.25) is 4.98 Å². The van der Waals surface area contributed by atoms with Crippen molar-refractivity contribution in [1.29, 1.82) is 0 Å². The molecule has 5 nitrogen and oxygen atoms in total. The zero-order valence-electron chi connectivity index (χ0n) is 10.1. The molecule has 0 saturated carbocycles. The lowest BCUT2D eigenvalue weighted by atomic mass is 10.2. The molecule has 1 aromatic heterocycles. The molecule has 1 fully saturated rings. The van der Waals surface area contributed by atoms with Crippen molar-refractivity contribution in [3.05, 3.63) is 36.5 Å². The van der Waals surface area contributed by atoms with E-state index in [1.807, 2.05) is 18.2 Å². The summed E-state index contributed by atoms with van der Waals surface area (Å²) >= 11 is 0. The molecule has 1 aliphatic rings. The predicted octanol–water partition coefficient (Wildman–Crippen LogP) is 0.771. The highest BCUT2D eigenvalue weighted by molar-refractivity contribution is 7.91. The van der Waals surface area contributed by atoms with E-state index in [1.165, 1.54) is 0 Å². The van der Waals surface area contributed by atoms with Crippen molar-refractivity contribution in [3.63, 3.8) is 0 Å². The minimum absolute atomic E-state index is 0.144. The number of benzene rings is 1. The lowest BCUT2D eigenvalue weighted by molar-refractivity contribution is 0.0739. The van der Waals surface area contributed by atoms with Gasteiger partial charge in [0.1, 0.15) is 18.0 Å². The van der Waals surface area contributed by atoms with Gasteiger partial charge >= 0.3 is 0 Å². The summed E-state index contributed by atoms with van der Waals surface area (Å²) in [7, 11) is -3.20. The first-order chi connectivity index (χ1) is 9.03. The van der Waals surface area contributed by atoms with Crippen molar-refractivity contribution in [3.8, 4) is 5.75 Å². The zero-order chi connectivity index (χ0) is 13.5. The van der Waals surface area contributed by atoms with E-state index >= 15 is 0 Å². The molecule has 1 aliphatic heterocycles. The lowest BCUT2D eigenvalue weighted by Gasteiger charge is -2.15. The Morgan fingerprint density at radius 3 is 2.84 bits per heavy atom. The van der Waals surface area contributed by atoms with E-state index in [1.54, 1.807) is 18.3 Å². The van der Waals surface area contributed by atoms with E-state index in [0.717, 1.165) is 10.9 Å². The molecule has 2 atom stereocenters. The second-order valence-electron chi connectivity index (χ2n) is 4.66. The van der Waals surface area contributed by atoms with Gasteiger partial charge in [0.25, 0.3) is 0 Å². The molecule has 1 saturated heterocycles. The average Bonchev–Trinajstić information content (AvgIpc) is 2.62. The van der Waals surface area contributed by atoms with Gasteiger partial charge in [0.05, 0.1) is 17.0 Å². The van der Waals surface area contributed by atoms with Gasteiger partial charge in [0.15, 0.2) is 9.84 Å². The summed E-state index contributed by atoms with van der Waals surface area (Å²) in [5.74, 6) is 0.144. The number of nitrogens with zero attached hydrogens (tertiary/aromatic N) is 1. The molecule has 6 heteroatoms. The Balaban J connectivity index is 1.86. The van der Waals surface area contributed by atoms with Crippen LogP contribution in [0.1, 0.15) is 0 Å². The summed E-state index contributed by atoms with van der Waals surface area (Å²) in [5.41, 5.74) is 0.773. The van der Waals surface area contributed by atoms with Crippen LogP contribution in [0.2, 0.25) is 0 Å². The predicted molar refractivity (Wildman–Crippen MR) is 70.8 cm³/mol. The van der Waals surface area contributed by atoms with Crippen LogP contribution in [0.3, 0.4) is 0 Å². The average molecular weight is 279 g/mol. The van der Waals surface area contributed by atoms with Crippen LogP contribution in [0.4, 0.5) is 0 Å². The molecule has 0 bridgehead atoms. The van der Waals surface area contributed by atoms with Crippen LogP contribution in [0.5, 0.6) is 5.75 Å². The van der Waals surface area contributed by atoms with Crippen LogP contribution in [0.15, 0.2) is 36.5 Å². The molecule has 3 rings (SSSR count). The second-order valence-corrected chi connectivity index (χ2v) is 6.81. The van der Waals surface area contributed by atoms with E-state index in [4.69, 9.17) is 4.74 Å². The van der Waals surface area contributed by atoms with Crippen molar-refractivity contribution in [2.75, 3.05) is 11.5 Å². The van der Waals surface area contributed by atoms with E-state index in [2.05, 4.69) is 4.98 Å². The van der Waals surface area contributed by atoms with Gasteiger partial charge in [-0.25, -0.2) is 8.42 Å². The number of aliphatic hydroxyl groups is 1. The molecular formula is C13H13NO4S. The monoisotopic (exact) mass is 279 g/mol. The number of rotatable bonds is 2. The third kappa shape index (κ3) is 2.54. The van der Waals surface area contributed by atoms with Crippen molar-refractivity contribution in [1.82, 2.24) is 4.98 Å². The fraction of sp³-hybridized carbons (Fsp3) is 0.308. The van der Waals surface area contributed by atoms with Crippen LogP contribution in [0.25, 0.3) is 10.9 Å². The maximum absolute atomic E-state index is 11.4. The first-order valence-electron chi connectivity index (χ1n) is 5.93. The van der Waals surface area contributed by atoms with Gasteiger partial charge in [-0.15, -0.1) is 0 Å². The van der Waals surface area contributed by atoms with Crippen molar-refractivity contribution >= 4 is 20.7 Å². The smallest absolute Gasteiger partial charge is 0.156 e. The molecule has 1 aromatic carbocycles. The maximum atomic E-state index is 11.4. The van der Waals surface area contributed by atoms with Gasteiger partial charge < -0.3 is 9.84 Å². The Labute approximate surface area is 110 Å². The van der Waals surface area contributed by atoms with Crippen molar-refractivity contribution < 1.29 is 18.3 Å². The number of aliphatic hydroxyl groups excluding tert-OH is 1. The molecule has 0 amide bonds. The van der Waals surface area contributed by atoms with Gasteiger partial charge in [-0.05, 0) is 18.2 Å². The lowest BCUT2D eigenvalue weighted by Crippen LogP contribution is -2.29. The van der Waals surface area contributed by atoms with Gasteiger partial charge in [-0.1, -0.05) is 6.07 Å². The van der Waals surface area contributed by atoms with Crippen molar-refractivity contribution in [2.45, 2.75) is 12.2 Å². The number of fused-ring (bicyclic) bond motifs is 1. The van der Waals surface area contributed by atoms with Crippen LogP contribution in [-0.4, -0.2) is 42.2 Å². The highest BCUT2D eigenvalue weighted by Gasteiger charge is 2.38. The number of sulfone groups is 1. The fourth-order valence-electron chi connectivity index (χ4n) is 2.20. The Kier molecular flexibility index (Phi) is 2.91. The minimum Gasteiger partial charge on any atom is -0.487 e.